The van der Waals surface area contributed by atoms with Crippen LogP contribution in [0.4, 0.5) is 5.69 Å². The van der Waals surface area contributed by atoms with Crippen molar-refractivity contribution in [2.45, 2.75) is 17.7 Å². The van der Waals surface area contributed by atoms with Crippen LogP contribution in [0, 0.1) is 6.92 Å². The molecule has 0 saturated heterocycles. The van der Waals surface area contributed by atoms with E-state index in [0.29, 0.717) is 5.69 Å². The maximum absolute atomic E-state index is 12.8. The zero-order valence-electron chi connectivity index (χ0n) is 13.3. The van der Waals surface area contributed by atoms with E-state index in [1.807, 2.05) is 25.1 Å². The smallest absolute Gasteiger partial charge is 0.249 e. The first-order valence-corrected chi connectivity index (χ1v) is 10.7. The average molecular weight is 425 g/mol. The first-order valence-electron chi connectivity index (χ1n) is 7.16. The van der Waals surface area contributed by atoms with Crippen LogP contribution in [0.15, 0.2) is 39.7 Å². The fourth-order valence-electron chi connectivity index (χ4n) is 2.60. The van der Waals surface area contributed by atoms with E-state index >= 15 is 0 Å². The van der Waals surface area contributed by atoms with Crippen molar-refractivity contribution in [3.8, 4) is 0 Å². The van der Waals surface area contributed by atoms with Crippen LogP contribution >= 0.6 is 36.7 Å². The summed E-state index contributed by atoms with van der Waals surface area (Å²) in [6.45, 7) is 1.96. The van der Waals surface area contributed by atoms with Gasteiger partial charge in [-0.15, -0.1) is 20.7 Å². The maximum atomic E-state index is 12.8. The summed E-state index contributed by atoms with van der Waals surface area (Å²) in [6.07, 6.45) is 0. The van der Waals surface area contributed by atoms with E-state index in [0.717, 1.165) is 19.1 Å². The van der Waals surface area contributed by atoms with Gasteiger partial charge in [0.2, 0.25) is 11.8 Å². The highest BCUT2D eigenvalue weighted by atomic mass is 79.9. The largest absolute Gasteiger partial charge is 0.325 e. The molecule has 0 bridgehead atoms. The number of thiophene rings is 1. The molecule has 1 aliphatic heterocycles. The molecular formula is C17H17BrN2O2S2. The van der Waals surface area contributed by atoms with E-state index in [4.69, 9.17) is 0 Å². The third kappa shape index (κ3) is 2.81. The number of nitrogens with zero attached hydrogens (tertiary/aromatic N) is 1. The van der Waals surface area contributed by atoms with E-state index < -0.39 is 15.3 Å². The van der Waals surface area contributed by atoms with Gasteiger partial charge in [0.15, 0.2) is 5.92 Å². The standard InChI is InChI=1S/C17H17BrN2O2S2/c1-10-9-13-15(23-10)14(17(22)20(2)24(13,3)4)16(21)19-12-7-5-11(18)6-8-12/h5-9,14H,3-4H2,1-2H3,(H,19,21). The Balaban J connectivity index is 2.01. The van der Waals surface area contributed by atoms with Gasteiger partial charge in [0.1, 0.15) is 0 Å². The van der Waals surface area contributed by atoms with Crippen molar-refractivity contribution in [1.29, 1.82) is 0 Å². The summed E-state index contributed by atoms with van der Waals surface area (Å²) in [7, 11) is -0.212. The first kappa shape index (κ1) is 17.3. The second kappa shape index (κ2) is 6.06. The minimum Gasteiger partial charge on any atom is -0.325 e. The van der Waals surface area contributed by atoms with Crippen molar-refractivity contribution >= 4 is 65.9 Å². The quantitative estimate of drug-likeness (QED) is 0.585. The van der Waals surface area contributed by atoms with Gasteiger partial charge in [-0.25, -0.2) is 0 Å². The lowest BCUT2D eigenvalue weighted by atomic mass is 10.1. The minimum atomic E-state index is -1.89. The highest BCUT2D eigenvalue weighted by Crippen LogP contribution is 2.50. The molecule has 7 heteroatoms. The second-order valence-corrected chi connectivity index (χ2v) is 10.6. The molecule has 1 N–H and O–H groups in total. The fraction of sp³-hybridized carbons (Fsp3) is 0.176. The zero-order valence-corrected chi connectivity index (χ0v) is 16.6. The molecule has 1 aromatic carbocycles. The van der Waals surface area contributed by atoms with Gasteiger partial charge < -0.3 is 5.32 Å². The Bertz CT molecular complexity index is 930. The molecule has 2 heterocycles. The Morgan fingerprint density at radius 2 is 1.96 bits per heavy atom. The highest BCUT2D eigenvalue weighted by molar-refractivity contribution is 9.10. The number of anilines is 1. The van der Waals surface area contributed by atoms with Crippen molar-refractivity contribution in [2.24, 2.45) is 0 Å². The maximum Gasteiger partial charge on any atom is 0.249 e. The molecule has 1 atom stereocenters. The minimum absolute atomic E-state index is 0.251. The summed E-state index contributed by atoms with van der Waals surface area (Å²) < 4.78 is 2.46. The molecule has 2 aromatic rings. The first-order chi connectivity index (χ1) is 11.2. The summed E-state index contributed by atoms with van der Waals surface area (Å²) in [6, 6.07) is 9.26. The fourth-order valence-corrected chi connectivity index (χ4v) is 6.17. The summed E-state index contributed by atoms with van der Waals surface area (Å²) in [5, 5.41) is 2.84. The Kier molecular flexibility index (Phi) is 4.36. The normalized spacial score (nSPS) is 19.0. The van der Waals surface area contributed by atoms with Crippen molar-refractivity contribution < 1.29 is 9.59 Å². The van der Waals surface area contributed by atoms with Gasteiger partial charge in [0, 0.05) is 31.9 Å². The highest BCUT2D eigenvalue weighted by Gasteiger charge is 2.41. The van der Waals surface area contributed by atoms with Gasteiger partial charge in [0.25, 0.3) is 0 Å². The molecular weight excluding hydrogens is 408 g/mol. The van der Waals surface area contributed by atoms with Gasteiger partial charge in [-0.3, -0.25) is 13.9 Å². The lowest BCUT2D eigenvalue weighted by molar-refractivity contribution is -0.132. The number of halogens is 1. The number of aryl methyl sites for hydroxylation is 1. The zero-order chi connectivity index (χ0) is 17.6. The SMILES string of the molecule is C=S1(=C)c2cc(C)sc2C(C(=O)Nc2ccc(Br)cc2)C(=O)N1C. The molecule has 1 unspecified atom stereocenters. The van der Waals surface area contributed by atoms with Crippen LogP contribution in [0.25, 0.3) is 0 Å². The lowest BCUT2D eigenvalue weighted by Crippen LogP contribution is -2.39. The van der Waals surface area contributed by atoms with Crippen molar-refractivity contribution in [3.05, 3.63) is 44.6 Å². The average Bonchev–Trinajstić information content (AvgIpc) is 2.90. The molecule has 0 aliphatic carbocycles. The van der Waals surface area contributed by atoms with E-state index in [9.17, 15) is 9.59 Å². The van der Waals surface area contributed by atoms with Crippen LogP contribution in [-0.2, 0) is 9.59 Å². The summed E-state index contributed by atoms with van der Waals surface area (Å²) in [5.74, 6) is 6.87. The summed E-state index contributed by atoms with van der Waals surface area (Å²) >= 11 is 4.83. The number of carbonyl (C=O) groups is 2. The molecule has 2 amide bonds. The topological polar surface area (TPSA) is 49.4 Å². The third-order valence-electron chi connectivity index (χ3n) is 3.98. The third-order valence-corrected chi connectivity index (χ3v) is 8.13. The number of carbonyl (C=O) groups excluding carboxylic acids is 2. The Morgan fingerprint density at radius 1 is 1.33 bits per heavy atom. The molecule has 0 fully saturated rings. The van der Waals surface area contributed by atoms with Crippen LogP contribution < -0.4 is 5.32 Å². The molecule has 4 nitrogen and oxygen atoms in total. The number of fused-ring (bicyclic) bond motifs is 1. The monoisotopic (exact) mass is 424 g/mol. The molecule has 1 aliphatic rings. The summed E-state index contributed by atoms with van der Waals surface area (Å²) in [5.41, 5.74) is 0.655. The van der Waals surface area contributed by atoms with E-state index in [2.05, 4.69) is 33.0 Å². The molecule has 0 spiro atoms. The Hall–Kier alpha value is -1.57. The number of amides is 2. The predicted molar refractivity (Wildman–Crippen MR) is 107 cm³/mol. The Labute approximate surface area is 154 Å². The number of hydrogen-bond acceptors (Lipinski definition) is 3. The van der Waals surface area contributed by atoms with Gasteiger partial charge in [0.05, 0.1) is 0 Å². The molecule has 3 rings (SSSR count). The number of likely N-dealkylation sites (N-methyl/N-ethyl adjacent to an activating group) is 1. The van der Waals surface area contributed by atoms with E-state index in [1.165, 1.54) is 15.6 Å². The van der Waals surface area contributed by atoms with Gasteiger partial charge >= 0.3 is 0 Å². The molecule has 126 valence electrons. The van der Waals surface area contributed by atoms with Crippen LogP contribution in [0.3, 0.4) is 0 Å². The number of hydrogen-bond donors (Lipinski definition) is 1. The summed E-state index contributed by atoms with van der Waals surface area (Å²) in [4.78, 5) is 28.3. The molecule has 0 radical (unpaired) electrons. The predicted octanol–water partition coefficient (Wildman–Crippen LogP) is 3.96. The lowest BCUT2D eigenvalue weighted by Gasteiger charge is -2.35. The van der Waals surface area contributed by atoms with Crippen LogP contribution in [0.1, 0.15) is 15.7 Å². The van der Waals surface area contributed by atoms with Gasteiger partial charge in [-0.2, -0.15) is 0 Å². The van der Waals surface area contributed by atoms with Crippen LogP contribution in [-0.4, -0.2) is 34.9 Å². The molecule has 1 aromatic heterocycles. The van der Waals surface area contributed by atoms with Crippen molar-refractivity contribution in [2.75, 3.05) is 12.4 Å². The van der Waals surface area contributed by atoms with Crippen molar-refractivity contribution in [1.82, 2.24) is 4.31 Å². The van der Waals surface area contributed by atoms with Gasteiger partial charge in [-0.05, 0) is 37.3 Å². The molecule has 0 saturated carbocycles. The Morgan fingerprint density at radius 3 is 2.58 bits per heavy atom. The van der Waals surface area contributed by atoms with Gasteiger partial charge in [-0.1, -0.05) is 27.7 Å². The van der Waals surface area contributed by atoms with Crippen molar-refractivity contribution in [3.63, 3.8) is 0 Å². The van der Waals surface area contributed by atoms with Crippen LogP contribution in [0.2, 0.25) is 0 Å². The molecule has 24 heavy (non-hydrogen) atoms. The van der Waals surface area contributed by atoms with E-state index in [-0.39, 0.29) is 11.8 Å². The van der Waals surface area contributed by atoms with Crippen LogP contribution in [0.5, 0.6) is 0 Å². The van der Waals surface area contributed by atoms with E-state index in [1.54, 1.807) is 19.2 Å². The number of benzene rings is 1. The number of rotatable bonds is 2. The second-order valence-electron chi connectivity index (χ2n) is 5.69. The number of nitrogens with one attached hydrogen (secondary N) is 1.